The number of hydrogen-bond acceptors (Lipinski definition) is 11. The Morgan fingerprint density at radius 3 is 1.74 bits per heavy atom. The van der Waals surface area contributed by atoms with Crippen LogP contribution in [-0.2, 0) is 47.0 Å². The van der Waals surface area contributed by atoms with Crippen LogP contribution in [0.1, 0.15) is 0 Å². The van der Waals surface area contributed by atoms with Crippen molar-refractivity contribution < 1.29 is 47.8 Å². The van der Waals surface area contributed by atoms with Gasteiger partial charge in [0.25, 0.3) is 0 Å². The number of ether oxygens (including phenoxy) is 2. The number of hydrogen-bond donors (Lipinski definition) is 0. The average Bonchev–Trinajstić information content (AvgIpc) is 2.48. The zero-order chi connectivity index (χ0) is 16.7. The smallest absolute Gasteiger partial charge is 0.434 e. The van der Waals surface area contributed by atoms with E-state index in [4.69, 9.17) is 9.47 Å². The Balaban J connectivity index is 1.71. The third-order valence-electron chi connectivity index (χ3n) is 3.82. The summed E-state index contributed by atoms with van der Waals surface area (Å²) in [6.07, 6.45) is -1.67. The molecule has 23 heavy (non-hydrogen) atoms. The summed E-state index contributed by atoms with van der Waals surface area (Å²) in [6.45, 7) is -0.786. The van der Waals surface area contributed by atoms with E-state index in [9.17, 15) is 21.6 Å². The summed E-state index contributed by atoms with van der Waals surface area (Å²) in [5.41, 5.74) is 0. The van der Waals surface area contributed by atoms with Gasteiger partial charge in [0.15, 0.2) is 0 Å². The highest BCUT2D eigenvalue weighted by molar-refractivity contribution is 7.82. The first-order chi connectivity index (χ1) is 10.8. The molecule has 3 aliphatic heterocycles. The number of cyclic esters (lactones) is 2. The number of carbonyl (C=O) groups excluding carboxylic acids is 1. The third-order valence-corrected chi connectivity index (χ3v) is 5.52. The fraction of sp³-hybridized carbons (Fsp3) is 0.900. The molecule has 0 spiro atoms. The fourth-order valence-corrected chi connectivity index (χ4v) is 4.13. The molecule has 0 amide bonds. The van der Waals surface area contributed by atoms with Gasteiger partial charge in [0.05, 0.1) is 26.4 Å². The van der Waals surface area contributed by atoms with E-state index < -0.39 is 50.8 Å². The maximum atomic E-state index is 11.4. The standard InChI is InChI=1S/C10H14O11S2/c11-10-16-5-8(6-1-17-22(12,13)18-2-6)9(21-10)7-3-19-23(14,15)20-4-7/h6-9H,1-5H2. The predicted octanol–water partition coefficient (Wildman–Crippen LogP) is -1.05. The molecule has 0 bridgehead atoms. The molecule has 0 aliphatic carbocycles. The van der Waals surface area contributed by atoms with Crippen molar-refractivity contribution in [3.05, 3.63) is 0 Å². The van der Waals surface area contributed by atoms with Crippen LogP contribution >= 0.6 is 0 Å². The van der Waals surface area contributed by atoms with Crippen molar-refractivity contribution in [3.8, 4) is 0 Å². The zero-order valence-corrected chi connectivity index (χ0v) is 13.3. The minimum atomic E-state index is -4.03. The van der Waals surface area contributed by atoms with Crippen molar-refractivity contribution in [3.63, 3.8) is 0 Å². The van der Waals surface area contributed by atoms with Gasteiger partial charge >= 0.3 is 27.0 Å². The Morgan fingerprint density at radius 1 is 0.739 bits per heavy atom. The summed E-state index contributed by atoms with van der Waals surface area (Å²) >= 11 is 0. The first-order valence-corrected chi connectivity index (χ1v) is 9.33. The van der Waals surface area contributed by atoms with Crippen molar-refractivity contribution in [2.24, 2.45) is 17.8 Å². The van der Waals surface area contributed by atoms with Gasteiger partial charge in [-0.05, 0) is 0 Å². The van der Waals surface area contributed by atoms with Crippen LogP contribution in [0.2, 0.25) is 0 Å². The maximum absolute atomic E-state index is 11.4. The van der Waals surface area contributed by atoms with E-state index in [-0.39, 0.29) is 33.0 Å². The lowest BCUT2D eigenvalue weighted by molar-refractivity contribution is -0.125. The molecule has 0 aromatic rings. The van der Waals surface area contributed by atoms with Crippen molar-refractivity contribution in [2.75, 3.05) is 33.0 Å². The second-order valence-electron chi connectivity index (χ2n) is 5.28. The predicted molar refractivity (Wildman–Crippen MR) is 68.3 cm³/mol. The largest absolute Gasteiger partial charge is 0.508 e. The highest BCUT2D eigenvalue weighted by Gasteiger charge is 2.46. The summed E-state index contributed by atoms with van der Waals surface area (Å²) in [4.78, 5) is 11.4. The molecule has 3 fully saturated rings. The highest BCUT2D eigenvalue weighted by Crippen LogP contribution is 2.33. The molecule has 3 aliphatic rings. The van der Waals surface area contributed by atoms with Gasteiger partial charge < -0.3 is 9.47 Å². The summed E-state index contributed by atoms with van der Waals surface area (Å²) in [5, 5.41) is 0. The van der Waals surface area contributed by atoms with E-state index >= 15 is 0 Å². The van der Waals surface area contributed by atoms with Gasteiger partial charge in [-0.1, -0.05) is 0 Å². The van der Waals surface area contributed by atoms with E-state index in [1.807, 2.05) is 0 Å². The van der Waals surface area contributed by atoms with Gasteiger partial charge in [-0.3, -0.25) is 0 Å². The maximum Gasteiger partial charge on any atom is 0.508 e. The first-order valence-electron chi connectivity index (χ1n) is 6.67. The minimum absolute atomic E-state index is 0.0375. The Morgan fingerprint density at radius 2 is 1.22 bits per heavy atom. The van der Waals surface area contributed by atoms with E-state index in [0.717, 1.165) is 0 Å². The molecular weight excluding hydrogens is 360 g/mol. The molecule has 0 radical (unpaired) electrons. The molecule has 0 saturated carbocycles. The fourth-order valence-electron chi connectivity index (χ4n) is 2.63. The van der Waals surface area contributed by atoms with Crippen molar-refractivity contribution in [1.29, 1.82) is 0 Å². The summed E-state index contributed by atoms with van der Waals surface area (Å²) in [5.74, 6) is -1.42. The number of carbonyl (C=O) groups is 1. The molecule has 3 saturated heterocycles. The molecular formula is C10H14O11S2. The summed E-state index contributed by atoms with van der Waals surface area (Å²) in [7, 11) is -8.03. The van der Waals surface area contributed by atoms with Crippen LogP contribution in [0.4, 0.5) is 4.79 Å². The van der Waals surface area contributed by atoms with E-state index in [1.54, 1.807) is 0 Å². The zero-order valence-electron chi connectivity index (χ0n) is 11.7. The summed E-state index contributed by atoms with van der Waals surface area (Å²) < 4.78 is 72.9. The van der Waals surface area contributed by atoms with Crippen LogP contribution in [0.25, 0.3) is 0 Å². The Hall–Kier alpha value is -0.990. The molecule has 2 atom stereocenters. The molecule has 132 valence electrons. The Kier molecular flexibility index (Phi) is 4.50. The SMILES string of the molecule is O=C1OCC(C2COS(=O)(=O)OC2)C(C2COS(=O)(=O)OC2)O1. The van der Waals surface area contributed by atoms with Crippen LogP contribution < -0.4 is 0 Å². The van der Waals surface area contributed by atoms with Crippen LogP contribution in [0.3, 0.4) is 0 Å². The second kappa shape index (κ2) is 6.14. The lowest BCUT2D eigenvalue weighted by atomic mass is 9.82. The van der Waals surface area contributed by atoms with Gasteiger partial charge in [-0.25, -0.2) is 21.5 Å². The molecule has 0 aromatic heterocycles. The molecule has 13 heteroatoms. The minimum Gasteiger partial charge on any atom is -0.434 e. The van der Waals surface area contributed by atoms with Gasteiger partial charge in [-0.2, -0.15) is 16.8 Å². The molecule has 3 rings (SSSR count). The van der Waals surface area contributed by atoms with Crippen LogP contribution in [0.15, 0.2) is 0 Å². The average molecular weight is 374 g/mol. The van der Waals surface area contributed by atoms with E-state index in [1.165, 1.54) is 0 Å². The lowest BCUT2D eigenvalue weighted by Gasteiger charge is -2.40. The van der Waals surface area contributed by atoms with Crippen LogP contribution in [-0.4, -0.2) is 62.1 Å². The Bertz CT molecular complexity index is 641. The molecule has 2 unspecified atom stereocenters. The molecule has 0 N–H and O–H groups in total. The monoisotopic (exact) mass is 374 g/mol. The molecule has 0 aromatic carbocycles. The third kappa shape index (κ3) is 3.92. The first kappa shape index (κ1) is 16.9. The quantitative estimate of drug-likeness (QED) is 0.547. The number of rotatable bonds is 2. The summed E-state index contributed by atoms with van der Waals surface area (Å²) in [6, 6.07) is 0. The van der Waals surface area contributed by atoms with Gasteiger partial charge in [0, 0.05) is 17.8 Å². The van der Waals surface area contributed by atoms with E-state index in [0.29, 0.717) is 0 Å². The second-order valence-corrected chi connectivity index (χ2v) is 7.86. The van der Waals surface area contributed by atoms with Crippen molar-refractivity contribution >= 4 is 27.0 Å². The van der Waals surface area contributed by atoms with Gasteiger partial charge in [0.2, 0.25) is 0 Å². The van der Waals surface area contributed by atoms with Gasteiger partial charge in [0.1, 0.15) is 12.7 Å². The topological polar surface area (TPSA) is 141 Å². The molecule has 3 heterocycles. The molecule has 11 nitrogen and oxygen atoms in total. The normalized spacial score (nSPS) is 35.2. The van der Waals surface area contributed by atoms with E-state index in [2.05, 4.69) is 16.7 Å². The van der Waals surface area contributed by atoms with Crippen LogP contribution in [0, 0.1) is 17.8 Å². The van der Waals surface area contributed by atoms with Gasteiger partial charge in [-0.15, -0.1) is 0 Å². The lowest BCUT2D eigenvalue weighted by Crippen LogP contribution is -2.51. The van der Waals surface area contributed by atoms with Crippen LogP contribution in [0.5, 0.6) is 0 Å². The highest BCUT2D eigenvalue weighted by atomic mass is 32.3. The van der Waals surface area contributed by atoms with Crippen molar-refractivity contribution in [2.45, 2.75) is 6.10 Å². The van der Waals surface area contributed by atoms with Crippen molar-refractivity contribution in [1.82, 2.24) is 0 Å². The Labute approximate surface area is 132 Å².